The molecule has 0 amide bonds. The molecule has 0 aromatic heterocycles. The van der Waals surface area contributed by atoms with Gasteiger partial charge in [-0.3, -0.25) is 9.59 Å². The summed E-state index contributed by atoms with van der Waals surface area (Å²) in [6.07, 6.45) is -0.515. The molecule has 22 heavy (non-hydrogen) atoms. The van der Waals surface area contributed by atoms with Crippen molar-refractivity contribution >= 4 is 11.9 Å². The van der Waals surface area contributed by atoms with Crippen LogP contribution in [-0.4, -0.2) is 22.2 Å². The molecule has 0 saturated carbocycles. The molecule has 6 heteroatoms. The lowest BCUT2D eigenvalue weighted by atomic mass is 10.1. The second-order valence-corrected chi connectivity index (χ2v) is 4.32. The van der Waals surface area contributed by atoms with Crippen LogP contribution in [0.3, 0.4) is 0 Å². The van der Waals surface area contributed by atoms with E-state index in [-0.39, 0.29) is 24.0 Å². The summed E-state index contributed by atoms with van der Waals surface area (Å²) >= 11 is 0. The molecule has 2 rings (SSSR count). The van der Waals surface area contributed by atoms with Gasteiger partial charge in [0.2, 0.25) is 0 Å². The van der Waals surface area contributed by atoms with E-state index in [4.69, 9.17) is 10.2 Å². The van der Waals surface area contributed by atoms with E-state index in [0.29, 0.717) is 0 Å². The van der Waals surface area contributed by atoms with E-state index >= 15 is 0 Å². The van der Waals surface area contributed by atoms with E-state index in [9.17, 15) is 18.4 Å². The van der Waals surface area contributed by atoms with Crippen molar-refractivity contribution < 1.29 is 28.6 Å². The third-order valence-corrected chi connectivity index (χ3v) is 2.60. The molecule has 0 atom stereocenters. The molecule has 0 aliphatic heterocycles. The number of aliphatic carboxylic acids is 2. The van der Waals surface area contributed by atoms with Crippen LogP contribution in [-0.2, 0) is 22.4 Å². The molecular formula is C16H14F2O4. The number of carboxylic acid groups (broad SMARTS) is 2. The Labute approximate surface area is 125 Å². The highest BCUT2D eigenvalue weighted by Gasteiger charge is 2.04. The molecule has 2 aromatic rings. The highest BCUT2D eigenvalue weighted by Crippen LogP contribution is 2.07. The zero-order valence-electron chi connectivity index (χ0n) is 11.5. The number of hydrogen-bond donors (Lipinski definition) is 2. The fourth-order valence-corrected chi connectivity index (χ4v) is 1.61. The molecule has 4 nitrogen and oxygen atoms in total. The number of carboxylic acids is 2. The fraction of sp³-hybridized carbons (Fsp3) is 0.125. The lowest BCUT2D eigenvalue weighted by Crippen LogP contribution is -2.01. The molecule has 0 aliphatic rings. The predicted molar refractivity (Wildman–Crippen MR) is 75.5 cm³/mol. The molecule has 116 valence electrons. The van der Waals surface area contributed by atoms with Crippen molar-refractivity contribution in [3.63, 3.8) is 0 Å². The second kappa shape index (κ2) is 8.51. The maximum Gasteiger partial charge on any atom is 0.307 e. The normalized spacial score (nSPS) is 9.55. The Morgan fingerprint density at radius 2 is 1.05 bits per heavy atom. The van der Waals surface area contributed by atoms with Gasteiger partial charge in [0.15, 0.2) is 0 Å². The van der Waals surface area contributed by atoms with Gasteiger partial charge in [0, 0.05) is 0 Å². The summed E-state index contributed by atoms with van der Waals surface area (Å²) in [7, 11) is 0. The Morgan fingerprint density at radius 1 is 0.727 bits per heavy atom. The van der Waals surface area contributed by atoms with Crippen molar-refractivity contribution in [2.75, 3.05) is 0 Å². The van der Waals surface area contributed by atoms with Crippen LogP contribution in [0.5, 0.6) is 0 Å². The van der Waals surface area contributed by atoms with E-state index in [1.807, 2.05) is 0 Å². The molecule has 0 unspecified atom stereocenters. The van der Waals surface area contributed by atoms with Gasteiger partial charge >= 0.3 is 11.9 Å². The Hall–Kier alpha value is -2.76. The predicted octanol–water partition coefficient (Wildman–Crippen LogP) is 2.91. The molecule has 0 fully saturated rings. The minimum absolute atomic E-state index is 0.222. The largest absolute Gasteiger partial charge is 0.481 e. The van der Waals surface area contributed by atoms with Crippen molar-refractivity contribution in [3.8, 4) is 0 Å². The van der Waals surface area contributed by atoms with E-state index < -0.39 is 23.6 Å². The van der Waals surface area contributed by atoms with Crippen LogP contribution in [0, 0.1) is 11.6 Å². The SMILES string of the molecule is O=C(O)Cc1ccccc1F.O=C(O)Cc1ccccc1F. The van der Waals surface area contributed by atoms with Gasteiger partial charge in [-0.2, -0.15) is 0 Å². The smallest absolute Gasteiger partial charge is 0.307 e. The van der Waals surface area contributed by atoms with Gasteiger partial charge in [-0.15, -0.1) is 0 Å². The van der Waals surface area contributed by atoms with Crippen molar-refractivity contribution in [2.24, 2.45) is 0 Å². The minimum Gasteiger partial charge on any atom is -0.481 e. The van der Waals surface area contributed by atoms with Crippen LogP contribution in [0.15, 0.2) is 48.5 Å². The first-order chi connectivity index (χ1) is 10.4. The molecule has 0 radical (unpaired) electrons. The van der Waals surface area contributed by atoms with Crippen LogP contribution in [0.4, 0.5) is 8.78 Å². The van der Waals surface area contributed by atoms with Crippen LogP contribution < -0.4 is 0 Å². The first-order valence-electron chi connectivity index (χ1n) is 6.30. The molecule has 0 bridgehead atoms. The summed E-state index contributed by atoms with van der Waals surface area (Å²) in [6, 6.07) is 11.7. The van der Waals surface area contributed by atoms with Gasteiger partial charge in [0.1, 0.15) is 11.6 Å². The number of halogens is 2. The number of hydrogen-bond acceptors (Lipinski definition) is 2. The molecule has 0 aliphatic carbocycles. The Kier molecular flexibility index (Phi) is 6.69. The first kappa shape index (κ1) is 17.3. The van der Waals surface area contributed by atoms with Crippen LogP contribution in [0.1, 0.15) is 11.1 Å². The average molecular weight is 308 g/mol. The average Bonchev–Trinajstić information content (AvgIpc) is 2.44. The fourth-order valence-electron chi connectivity index (χ4n) is 1.61. The maximum atomic E-state index is 12.7. The van der Waals surface area contributed by atoms with Gasteiger partial charge in [0.05, 0.1) is 12.8 Å². The lowest BCUT2D eigenvalue weighted by molar-refractivity contribution is -0.137. The topological polar surface area (TPSA) is 74.6 Å². The van der Waals surface area contributed by atoms with Crippen molar-refractivity contribution in [1.29, 1.82) is 0 Å². The van der Waals surface area contributed by atoms with E-state index in [0.717, 1.165) is 0 Å². The molecule has 0 heterocycles. The van der Waals surface area contributed by atoms with E-state index in [1.165, 1.54) is 36.4 Å². The number of carbonyl (C=O) groups is 2. The minimum atomic E-state index is -1.02. The first-order valence-corrected chi connectivity index (χ1v) is 6.30. The van der Waals surface area contributed by atoms with Crippen molar-refractivity contribution in [1.82, 2.24) is 0 Å². The summed E-state index contributed by atoms with van der Waals surface area (Å²) in [4.78, 5) is 20.3. The summed E-state index contributed by atoms with van der Waals surface area (Å²) < 4.78 is 25.4. The van der Waals surface area contributed by atoms with Gasteiger partial charge in [0.25, 0.3) is 0 Å². The quantitative estimate of drug-likeness (QED) is 0.910. The van der Waals surface area contributed by atoms with Crippen LogP contribution in [0.2, 0.25) is 0 Å². The van der Waals surface area contributed by atoms with E-state index in [2.05, 4.69) is 0 Å². The molecule has 0 spiro atoms. The van der Waals surface area contributed by atoms with Crippen molar-refractivity contribution in [3.05, 3.63) is 71.3 Å². The summed E-state index contributed by atoms with van der Waals surface area (Å²) in [5.74, 6) is -2.96. The molecular weight excluding hydrogens is 294 g/mol. The van der Waals surface area contributed by atoms with Crippen LogP contribution >= 0.6 is 0 Å². The molecule has 2 aromatic carbocycles. The van der Waals surface area contributed by atoms with Gasteiger partial charge < -0.3 is 10.2 Å². The zero-order valence-corrected chi connectivity index (χ0v) is 11.5. The summed E-state index contributed by atoms with van der Waals surface area (Å²) in [5.41, 5.74) is 0.444. The Morgan fingerprint density at radius 3 is 1.32 bits per heavy atom. The third-order valence-electron chi connectivity index (χ3n) is 2.60. The van der Waals surface area contributed by atoms with E-state index in [1.54, 1.807) is 12.1 Å². The highest BCUT2D eigenvalue weighted by atomic mass is 19.1. The monoisotopic (exact) mass is 308 g/mol. The Bertz CT molecular complexity index is 599. The van der Waals surface area contributed by atoms with Gasteiger partial charge in [-0.05, 0) is 23.3 Å². The molecule has 0 saturated heterocycles. The Balaban J connectivity index is 0.000000220. The second-order valence-electron chi connectivity index (χ2n) is 4.32. The van der Waals surface area contributed by atoms with Crippen molar-refractivity contribution in [2.45, 2.75) is 12.8 Å². The highest BCUT2D eigenvalue weighted by molar-refractivity contribution is 5.70. The zero-order chi connectivity index (χ0) is 16.5. The summed E-state index contributed by atoms with van der Waals surface area (Å²) in [6.45, 7) is 0. The number of benzene rings is 2. The number of rotatable bonds is 4. The molecule has 2 N–H and O–H groups in total. The van der Waals surface area contributed by atoms with Gasteiger partial charge in [-0.25, -0.2) is 8.78 Å². The van der Waals surface area contributed by atoms with Crippen LogP contribution in [0.25, 0.3) is 0 Å². The van der Waals surface area contributed by atoms with Gasteiger partial charge in [-0.1, -0.05) is 36.4 Å². The lowest BCUT2D eigenvalue weighted by Gasteiger charge is -1.96. The third kappa shape index (κ3) is 6.13. The maximum absolute atomic E-state index is 12.7. The summed E-state index contributed by atoms with van der Waals surface area (Å²) in [5, 5.41) is 16.6. The standard InChI is InChI=1S/2C8H7FO2/c2*9-7-4-2-1-3-6(7)5-8(10)11/h2*1-4H,5H2,(H,10,11).